The second-order valence-corrected chi connectivity index (χ2v) is 5.76. The van der Waals surface area contributed by atoms with Crippen LogP contribution in [0.15, 0.2) is 42.7 Å². The Hall–Kier alpha value is -2.51. The topological polar surface area (TPSA) is 74.0 Å². The fourth-order valence-corrected chi connectivity index (χ4v) is 2.41. The summed E-state index contributed by atoms with van der Waals surface area (Å²) in [6, 6.07) is 8.22. The summed E-state index contributed by atoms with van der Waals surface area (Å²) in [6.07, 6.45) is 3.37. The zero-order valence-electron chi connectivity index (χ0n) is 12.6. The molecule has 1 amide bonds. The molecular weight excluding hydrogens is 353 g/mol. The maximum Gasteiger partial charge on any atom is 0.277 e. The van der Waals surface area contributed by atoms with Gasteiger partial charge in [0.2, 0.25) is 0 Å². The van der Waals surface area contributed by atoms with Crippen LogP contribution in [0.3, 0.4) is 0 Å². The minimum atomic E-state index is -0.350. The number of aryl methyl sites for hydroxylation is 1. The molecule has 2 heterocycles. The van der Waals surface area contributed by atoms with Crippen LogP contribution in [0.4, 0.5) is 5.82 Å². The summed E-state index contributed by atoms with van der Waals surface area (Å²) in [5.41, 5.74) is 0.256. The lowest BCUT2D eigenvalue weighted by atomic mass is 10.3. The van der Waals surface area contributed by atoms with Crippen molar-refractivity contribution in [3.63, 3.8) is 0 Å². The Balaban J connectivity index is 1.61. The molecule has 24 heavy (non-hydrogen) atoms. The number of anilines is 1. The summed E-state index contributed by atoms with van der Waals surface area (Å²) in [6.45, 7) is 0.109. The van der Waals surface area contributed by atoms with Crippen LogP contribution >= 0.6 is 23.2 Å². The second-order valence-electron chi connectivity index (χ2n) is 4.92. The Kier molecular flexibility index (Phi) is 4.73. The van der Waals surface area contributed by atoms with E-state index in [1.165, 1.54) is 4.68 Å². The Labute approximate surface area is 147 Å². The van der Waals surface area contributed by atoms with E-state index in [-0.39, 0.29) is 18.3 Å². The molecule has 0 bridgehead atoms. The molecule has 0 aliphatic carbocycles. The summed E-state index contributed by atoms with van der Waals surface area (Å²) in [4.78, 5) is 12.1. The summed E-state index contributed by atoms with van der Waals surface area (Å²) in [5, 5.41) is 11.8. The first-order chi connectivity index (χ1) is 11.5. The van der Waals surface area contributed by atoms with Crippen molar-refractivity contribution in [2.45, 2.75) is 6.73 Å². The van der Waals surface area contributed by atoms with Gasteiger partial charge >= 0.3 is 0 Å². The summed E-state index contributed by atoms with van der Waals surface area (Å²) in [7, 11) is 1.77. The third-order valence-corrected chi connectivity index (χ3v) is 3.61. The van der Waals surface area contributed by atoms with Crippen LogP contribution in [0.25, 0.3) is 0 Å². The van der Waals surface area contributed by atoms with E-state index in [1.807, 2.05) is 0 Å². The maximum absolute atomic E-state index is 12.1. The minimum Gasteiger partial charge on any atom is -0.470 e. The molecule has 0 atom stereocenters. The molecule has 0 saturated carbocycles. The van der Waals surface area contributed by atoms with Crippen LogP contribution in [0.1, 0.15) is 10.5 Å². The molecule has 0 saturated heterocycles. The lowest BCUT2D eigenvalue weighted by Gasteiger charge is -2.08. The van der Waals surface area contributed by atoms with Crippen molar-refractivity contribution in [1.29, 1.82) is 0 Å². The van der Waals surface area contributed by atoms with E-state index >= 15 is 0 Å². The highest BCUT2D eigenvalue weighted by Gasteiger charge is 2.11. The molecule has 0 radical (unpaired) electrons. The average molecular weight is 366 g/mol. The summed E-state index contributed by atoms with van der Waals surface area (Å²) < 4.78 is 8.63. The molecule has 7 nitrogen and oxygen atoms in total. The fourth-order valence-electron chi connectivity index (χ4n) is 1.94. The van der Waals surface area contributed by atoms with Gasteiger partial charge in [0.25, 0.3) is 5.91 Å². The zero-order chi connectivity index (χ0) is 17.1. The molecule has 0 spiro atoms. The second kappa shape index (κ2) is 6.94. The van der Waals surface area contributed by atoms with Gasteiger partial charge in [0, 0.05) is 30.5 Å². The van der Waals surface area contributed by atoms with Gasteiger partial charge in [-0.25, -0.2) is 4.68 Å². The van der Waals surface area contributed by atoms with Gasteiger partial charge in [-0.3, -0.25) is 9.48 Å². The van der Waals surface area contributed by atoms with Gasteiger partial charge in [0.15, 0.2) is 18.2 Å². The lowest BCUT2D eigenvalue weighted by Crippen LogP contribution is -2.14. The van der Waals surface area contributed by atoms with E-state index in [1.54, 1.807) is 54.5 Å². The highest BCUT2D eigenvalue weighted by molar-refractivity contribution is 6.35. The molecule has 1 N–H and O–H groups in total. The van der Waals surface area contributed by atoms with Gasteiger partial charge in [-0.05, 0) is 24.3 Å². The molecule has 0 aliphatic rings. The molecule has 124 valence electrons. The number of carbonyl (C=O) groups is 1. The lowest BCUT2D eigenvalue weighted by molar-refractivity contribution is 0.102. The molecule has 3 rings (SSSR count). The minimum absolute atomic E-state index is 0.109. The molecular formula is C15H13Cl2N5O2. The van der Waals surface area contributed by atoms with Gasteiger partial charge < -0.3 is 10.1 Å². The number of hydrogen-bond acceptors (Lipinski definition) is 4. The van der Waals surface area contributed by atoms with Crippen molar-refractivity contribution in [3.05, 3.63) is 58.5 Å². The summed E-state index contributed by atoms with van der Waals surface area (Å²) >= 11 is 11.9. The standard InChI is InChI=1S/C15H13Cl2N5O2/c1-21-6-5-14(20-21)18-15(23)12-4-7-22(19-12)9-24-13-3-2-10(16)8-11(13)17/h2-8H,9H2,1H3,(H,18,20,23). The number of rotatable bonds is 5. The van der Waals surface area contributed by atoms with Gasteiger partial charge in [-0.2, -0.15) is 10.2 Å². The van der Waals surface area contributed by atoms with E-state index in [0.29, 0.717) is 21.6 Å². The van der Waals surface area contributed by atoms with Gasteiger partial charge in [0.1, 0.15) is 5.75 Å². The van der Waals surface area contributed by atoms with E-state index in [0.717, 1.165) is 0 Å². The van der Waals surface area contributed by atoms with Gasteiger partial charge in [0.05, 0.1) is 5.02 Å². The van der Waals surface area contributed by atoms with E-state index in [2.05, 4.69) is 15.5 Å². The van der Waals surface area contributed by atoms with Crippen molar-refractivity contribution in [3.8, 4) is 5.75 Å². The van der Waals surface area contributed by atoms with Crippen LogP contribution in [0, 0.1) is 0 Å². The molecule has 0 unspecified atom stereocenters. The Morgan fingerprint density at radius 1 is 1.21 bits per heavy atom. The highest BCUT2D eigenvalue weighted by Crippen LogP contribution is 2.27. The number of nitrogens with one attached hydrogen (secondary N) is 1. The average Bonchev–Trinajstić information content (AvgIpc) is 3.15. The van der Waals surface area contributed by atoms with Crippen molar-refractivity contribution >= 4 is 34.9 Å². The molecule has 3 aromatic rings. The zero-order valence-corrected chi connectivity index (χ0v) is 14.1. The predicted octanol–water partition coefficient (Wildman–Crippen LogP) is 3.21. The summed E-state index contributed by atoms with van der Waals surface area (Å²) in [5.74, 6) is 0.592. The number of amides is 1. The third kappa shape index (κ3) is 3.87. The van der Waals surface area contributed by atoms with Gasteiger partial charge in [-0.15, -0.1) is 0 Å². The van der Waals surface area contributed by atoms with Crippen molar-refractivity contribution in [1.82, 2.24) is 19.6 Å². The van der Waals surface area contributed by atoms with E-state index in [9.17, 15) is 4.79 Å². The number of hydrogen-bond donors (Lipinski definition) is 1. The number of carbonyl (C=O) groups excluding carboxylic acids is 1. The van der Waals surface area contributed by atoms with Gasteiger partial charge in [-0.1, -0.05) is 23.2 Å². The quantitative estimate of drug-likeness (QED) is 0.753. The van der Waals surface area contributed by atoms with Crippen LogP contribution in [-0.4, -0.2) is 25.5 Å². The van der Waals surface area contributed by atoms with Crippen LogP contribution < -0.4 is 10.1 Å². The van der Waals surface area contributed by atoms with Crippen LogP contribution in [0.5, 0.6) is 5.75 Å². The van der Waals surface area contributed by atoms with Crippen LogP contribution in [-0.2, 0) is 13.8 Å². The number of aromatic nitrogens is 4. The SMILES string of the molecule is Cn1ccc(NC(=O)c2ccn(COc3ccc(Cl)cc3Cl)n2)n1. The van der Waals surface area contributed by atoms with Crippen LogP contribution in [0.2, 0.25) is 10.0 Å². The molecule has 0 aliphatic heterocycles. The number of benzene rings is 1. The van der Waals surface area contributed by atoms with Crippen molar-refractivity contribution < 1.29 is 9.53 Å². The van der Waals surface area contributed by atoms with Crippen molar-refractivity contribution in [2.24, 2.45) is 7.05 Å². The fraction of sp³-hybridized carbons (Fsp3) is 0.133. The number of ether oxygens (including phenoxy) is 1. The third-order valence-electron chi connectivity index (χ3n) is 3.07. The normalized spacial score (nSPS) is 10.6. The smallest absolute Gasteiger partial charge is 0.277 e. The first-order valence-electron chi connectivity index (χ1n) is 6.93. The Morgan fingerprint density at radius 3 is 2.75 bits per heavy atom. The predicted molar refractivity (Wildman–Crippen MR) is 90.5 cm³/mol. The van der Waals surface area contributed by atoms with E-state index < -0.39 is 0 Å². The molecule has 2 aromatic heterocycles. The van der Waals surface area contributed by atoms with Crippen molar-refractivity contribution in [2.75, 3.05) is 5.32 Å². The number of nitrogens with zero attached hydrogens (tertiary/aromatic N) is 4. The maximum atomic E-state index is 12.1. The number of halogens is 2. The Morgan fingerprint density at radius 2 is 2.04 bits per heavy atom. The highest BCUT2D eigenvalue weighted by atomic mass is 35.5. The molecule has 9 heteroatoms. The van der Waals surface area contributed by atoms with E-state index in [4.69, 9.17) is 27.9 Å². The monoisotopic (exact) mass is 365 g/mol. The Bertz CT molecular complexity index is 874. The first kappa shape index (κ1) is 16.4. The first-order valence-corrected chi connectivity index (χ1v) is 7.69. The molecule has 0 fully saturated rings. The molecule has 1 aromatic carbocycles. The largest absolute Gasteiger partial charge is 0.470 e.